The van der Waals surface area contributed by atoms with Crippen LogP contribution in [0.25, 0.3) is 323 Å². The van der Waals surface area contributed by atoms with E-state index < -0.39 is 0 Å². The Morgan fingerprint density at radius 3 is 0.618 bits per heavy atom. The Bertz CT molecular complexity index is 8740. The van der Waals surface area contributed by atoms with Crippen LogP contribution in [0.5, 0.6) is 0 Å². The van der Waals surface area contributed by atoms with Gasteiger partial charge in [-0.1, -0.05) is 24.3 Å². The highest BCUT2D eigenvalue weighted by atomic mass is 14.8. The molecule has 40 rings (SSSR count). The molecule has 0 amide bonds. The van der Waals surface area contributed by atoms with Crippen molar-refractivity contribution in [1.29, 1.82) is 0 Å². The lowest BCUT2D eigenvalue weighted by Crippen LogP contribution is -2.58. The van der Waals surface area contributed by atoms with Crippen molar-refractivity contribution in [3.63, 3.8) is 0 Å². The van der Waals surface area contributed by atoms with Crippen LogP contribution in [0.1, 0.15) is 56.3 Å². The van der Waals surface area contributed by atoms with Crippen molar-refractivity contribution in [2.24, 2.45) is 0 Å². The predicted octanol–water partition coefficient (Wildman–Crippen LogP) is 20.2. The van der Waals surface area contributed by atoms with E-state index in [9.17, 15) is 0 Å². The van der Waals surface area contributed by atoms with Crippen molar-refractivity contribution in [2.45, 2.75) is 22.7 Å². The van der Waals surface area contributed by atoms with Crippen LogP contribution in [0.2, 0.25) is 0 Å². The number of benzene rings is 22. The van der Waals surface area contributed by atoms with Gasteiger partial charge >= 0.3 is 0 Å². The normalized spacial score (nSPS) is 24.4. The second-order valence-corrected chi connectivity index (χ2v) is 28.9. The van der Waals surface area contributed by atoms with Gasteiger partial charge in [-0.25, -0.2) is 0 Å². The number of hydrogen-bond donors (Lipinski definition) is 0. The molecule has 0 saturated carbocycles. The van der Waals surface area contributed by atoms with Crippen LogP contribution >= 0.6 is 0 Å². The minimum absolute atomic E-state index is 0.272. The van der Waals surface area contributed by atoms with E-state index in [0.29, 0.717) is 11.8 Å². The average molecular weight is 919 g/mol. The van der Waals surface area contributed by atoms with E-state index in [1.54, 1.807) is 345 Å². The summed E-state index contributed by atoms with van der Waals surface area (Å²) in [5, 5.41) is 102. The monoisotopic (exact) mass is 918 g/mol. The van der Waals surface area contributed by atoms with Crippen LogP contribution in [-0.4, -0.2) is 0 Å². The zero-order chi connectivity index (χ0) is 44.2. The van der Waals surface area contributed by atoms with Gasteiger partial charge in [0.1, 0.15) is 0 Å². The third-order valence-corrected chi connectivity index (χ3v) is 29.3. The minimum Gasteiger partial charge on any atom is -0.0619 e. The quantitative estimate of drug-likeness (QED) is 0.105. The highest BCUT2D eigenvalue weighted by Gasteiger charge is 2.76. The molecule has 0 radical (unpaired) electrons. The molecule has 0 aliphatic heterocycles. The van der Waals surface area contributed by atoms with E-state index in [1.807, 2.05) is 22.3 Å². The Kier molecular flexibility index (Phi) is 2.06. The van der Waals surface area contributed by atoms with Gasteiger partial charge in [0.2, 0.25) is 0 Å². The summed E-state index contributed by atoms with van der Waals surface area (Å²) < 4.78 is 0. The molecule has 32 aromatic carbocycles. The van der Waals surface area contributed by atoms with E-state index in [0.717, 1.165) is 0 Å². The van der Waals surface area contributed by atoms with Crippen molar-refractivity contribution in [3.8, 4) is 0 Å². The standard InChI is InChI=1S/C76H6/c1-2-4-6-5(3-1)75-69-61-51-45-29-21-13-7-8-9-11-15(13)27(29)33-31-19(11)24-18(9)26-22-14(8)16-12-10(7)17-23-20(12)32-34-28(16)30(22)46-48-38(26)40-36(24)43-41(31)53(49(33)51)65(69)67-57(43)56(40)64-60(48)62-52(46)50(34)54-42(32)44-35(23)39-37(25(17)21)47(45)59(61)63-55(39)58(44)68-66(54)70(62)76(6,72(64)73(67)75)74(68)71(63)75/h1-4,71,74H. The van der Waals surface area contributed by atoms with Gasteiger partial charge in [-0.05, 0) is 368 Å². The van der Waals surface area contributed by atoms with Gasteiger partial charge in [-0.3, -0.25) is 0 Å². The SMILES string of the molecule is c1ccc2c(c1)C13c4c5c6c7c8c9c%10c%11c%12c%13c(c%14c%15c1c1c4c4c6c6c%16c7c7c8c8c%10c%10c%12c%12c%13c%13c%14c%14c%15c%15c1c1c4c6c4c6c1c%15c1c%14c%14c%13c%13c%12c%12c%10c8c8c7c7c%16c4c4c6c1c%14c1c%13c%12c8c7c14)C3C%11C259. The Labute approximate surface area is 412 Å². The summed E-state index contributed by atoms with van der Waals surface area (Å²) in [5.74, 6) is 0.684. The molecule has 32 aromatic rings. The number of hydrogen-bond acceptors (Lipinski definition) is 0. The highest BCUT2D eigenvalue weighted by Crippen LogP contribution is 2.90. The van der Waals surface area contributed by atoms with Gasteiger partial charge in [0.05, 0.1) is 10.8 Å². The lowest BCUT2D eigenvalue weighted by atomic mass is 9.36. The summed E-state index contributed by atoms with van der Waals surface area (Å²) in [6.45, 7) is 0. The maximum atomic E-state index is 2.75. The van der Waals surface area contributed by atoms with Crippen LogP contribution < -0.4 is 0 Å². The number of rotatable bonds is 0. The van der Waals surface area contributed by atoms with Gasteiger partial charge in [-0.2, -0.15) is 0 Å². The van der Waals surface area contributed by atoms with Crippen LogP contribution in [0.3, 0.4) is 0 Å². The zero-order valence-electron chi connectivity index (χ0n) is 38.5. The fourth-order valence-corrected chi connectivity index (χ4v) is 29.7. The predicted molar refractivity (Wildman–Crippen MR) is 319 cm³/mol. The first-order valence-corrected chi connectivity index (χ1v) is 28.8. The van der Waals surface area contributed by atoms with Gasteiger partial charge in [0.15, 0.2) is 0 Å². The average Bonchev–Trinajstić information content (AvgIpc) is 2.32. The summed E-state index contributed by atoms with van der Waals surface area (Å²) in [6.07, 6.45) is 0. The molecule has 0 N–H and O–H groups in total. The molecule has 0 heteroatoms. The van der Waals surface area contributed by atoms with Gasteiger partial charge in [0, 0.05) is 11.8 Å². The summed E-state index contributed by atoms with van der Waals surface area (Å²) >= 11 is 0. The Morgan fingerprint density at radius 2 is 0.316 bits per heavy atom. The molecular weight excluding hydrogens is 913 g/mol. The molecule has 8 aliphatic rings. The maximum absolute atomic E-state index is 2.75. The van der Waals surface area contributed by atoms with Crippen LogP contribution in [0.15, 0.2) is 24.3 Å². The molecule has 8 aliphatic carbocycles. The first-order chi connectivity index (χ1) is 38.0. The van der Waals surface area contributed by atoms with Crippen molar-refractivity contribution in [3.05, 3.63) is 68.8 Å². The summed E-state index contributed by atoms with van der Waals surface area (Å²) in [6, 6.07) is 10.5. The van der Waals surface area contributed by atoms with E-state index in [-0.39, 0.29) is 10.8 Å². The van der Waals surface area contributed by atoms with Crippen LogP contribution in [-0.2, 0) is 10.8 Å². The summed E-state index contributed by atoms with van der Waals surface area (Å²) in [7, 11) is 0. The van der Waals surface area contributed by atoms with Crippen molar-refractivity contribution in [2.75, 3.05) is 0 Å². The molecule has 0 saturated heterocycles. The molecule has 0 heterocycles. The Hall–Kier alpha value is -9.36. The third-order valence-electron chi connectivity index (χ3n) is 29.3. The minimum atomic E-state index is -0.272. The van der Waals surface area contributed by atoms with Crippen LogP contribution in [0, 0.1) is 0 Å². The molecule has 0 aromatic heterocycles. The zero-order valence-corrected chi connectivity index (χ0v) is 38.5. The molecule has 310 valence electrons. The lowest BCUT2D eigenvalue weighted by molar-refractivity contribution is 0.284. The molecular formula is C76H6. The smallest absolute Gasteiger partial charge is 0.0552 e. The Morgan fingerprint density at radius 1 is 0.158 bits per heavy atom. The summed E-state index contributed by atoms with van der Waals surface area (Å²) in [5.41, 5.74) is 13.7. The van der Waals surface area contributed by atoms with Crippen molar-refractivity contribution in [1.82, 2.24) is 0 Å². The van der Waals surface area contributed by atoms with Crippen LogP contribution in [0.4, 0.5) is 0 Å². The molecule has 0 fully saturated rings. The van der Waals surface area contributed by atoms with Gasteiger partial charge in [-0.15, -0.1) is 0 Å². The van der Waals surface area contributed by atoms with Crippen molar-refractivity contribution >= 4 is 323 Å². The van der Waals surface area contributed by atoms with Crippen molar-refractivity contribution < 1.29 is 0 Å². The van der Waals surface area contributed by atoms with Gasteiger partial charge < -0.3 is 0 Å². The molecule has 2 bridgehead atoms. The van der Waals surface area contributed by atoms with E-state index in [1.165, 1.54) is 0 Å². The van der Waals surface area contributed by atoms with E-state index >= 15 is 0 Å². The topological polar surface area (TPSA) is 0 Å². The highest BCUT2D eigenvalue weighted by molar-refractivity contribution is 6.82. The second kappa shape index (κ2) is 5.84. The van der Waals surface area contributed by atoms with Gasteiger partial charge in [0.25, 0.3) is 0 Å². The third kappa shape index (κ3) is 1.32. The lowest BCUT2D eigenvalue weighted by Gasteiger charge is -2.64. The Balaban J connectivity index is 1.18. The van der Waals surface area contributed by atoms with E-state index in [4.69, 9.17) is 0 Å². The second-order valence-electron chi connectivity index (χ2n) is 28.9. The molecule has 4 unspecified atom stereocenters. The molecule has 0 nitrogen and oxygen atoms in total. The largest absolute Gasteiger partial charge is 0.0619 e. The van der Waals surface area contributed by atoms with E-state index in [2.05, 4.69) is 24.3 Å². The molecule has 4 atom stereocenters. The fraction of sp³-hybridized carbons (Fsp3) is 0.0526. The maximum Gasteiger partial charge on any atom is 0.0552 e. The first-order valence-electron chi connectivity index (χ1n) is 28.8. The molecule has 2 spiro atoms. The molecule has 76 heavy (non-hydrogen) atoms. The first kappa shape index (κ1) is 26.7. The fourth-order valence-electron chi connectivity index (χ4n) is 29.7. The summed E-state index contributed by atoms with van der Waals surface area (Å²) in [4.78, 5) is 0.